The van der Waals surface area contributed by atoms with Crippen LogP contribution in [0, 0.1) is 0 Å². The molecule has 3 rings (SSSR count). The van der Waals surface area contributed by atoms with Crippen LogP contribution in [-0.2, 0) is 10.0 Å². The third-order valence-electron chi connectivity index (χ3n) is 3.97. The van der Waals surface area contributed by atoms with Crippen molar-refractivity contribution in [3.8, 4) is 0 Å². The molecule has 0 bridgehead atoms. The van der Waals surface area contributed by atoms with Gasteiger partial charge in [0.2, 0.25) is 10.0 Å². The Morgan fingerprint density at radius 1 is 1.00 bits per heavy atom. The van der Waals surface area contributed by atoms with Gasteiger partial charge in [-0.05, 0) is 29.8 Å². The molecule has 0 aliphatic rings. The molecule has 156 valence electrons. The van der Waals surface area contributed by atoms with Gasteiger partial charge in [0.15, 0.2) is 0 Å². The molecule has 0 atom stereocenters. The van der Waals surface area contributed by atoms with E-state index in [4.69, 9.17) is 0 Å². The van der Waals surface area contributed by atoms with Crippen LogP contribution in [0.3, 0.4) is 0 Å². The third kappa shape index (κ3) is 7.58. The van der Waals surface area contributed by atoms with Crippen LogP contribution in [0.2, 0.25) is 0 Å². The van der Waals surface area contributed by atoms with E-state index >= 15 is 0 Å². The van der Waals surface area contributed by atoms with Gasteiger partial charge < -0.3 is 5.32 Å². The minimum Gasteiger partial charge on any atom is -0.312 e. The second-order valence-corrected chi connectivity index (χ2v) is 8.56. The highest BCUT2D eigenvalue weighted by Crippen LogP contribution is 2.21. The number of hydrogen-bond donors (Lipinski definition) is 2. The Kier molecular flexibility index (Phi) is 11.2. The SMILES string of the molecule is Br.Br.O=S(=O)(NCCNCC=Cc1ccc(Br)cc1)c1cccc2cnccc12. The molecule has 0 aliphatic heterocycles. The minimum atomic E-state index is -3.57. The van der Waals surface area contributed by atoms with Gasteiger partial charge in [-0.3, -0.25) is 4.98 Å². The first-order valence-electron chi connectivity index (χ1n) is 8.51. The van der Waals surface area contributed by atoms with Gasteiger partial charge in [0.05, 0.1) is 4.90 Å². The summed E-state index contributed by atoms with van der Waals surface area (Å²) in [5.41, 5.74) is 1.12. The second kappa shape index (κ2) is 12.6. The van der Waals surface area contributed by atoms with E-state index in [0.29, 0.717) is 25.0 Å². The fourth-order valence-electron chi connectivity index (χ4n) is 2.63. The molecule has 29 heavy (non-hydrogen) atoms. The summed E-state index contributed by atoms with van der Waals surface area (Å²) in [5.74, 6) is 0. The lowest BCUT2D eigenvalue weighted by atomic mass is 10.2. The standard InChI is InChI=1S/C20H20BrN3O2S.2BrH/c21-18-8-6-16(7-9-18)3-2-11-22-13-14-24-27(25,26)20-5-1-4-17-15-23-12-10-19(17)20;;/h1-10,12,15,22,24H,11,13-14H2;2*1H. The lowest BCUT2D eigenvalue weighted by molar-refractivity contribution is 0.579. The smallest absolute Gasteiger partial charge is 0.241 e. The maximum atomic E-state index is 12.6. The number of pyridine rings is 1. The van der Waals surface area contributed by atoms with E-state index in [1.807, 2.05) is 42.5 Å². The number of nitrogens with one attached hydrogen (secondary N) is 2. The van der Waals surface area contributed by atoms with Crippen molar-refractivity contribution in [2.75, 3.05) is 19.6 Å². The largest absolute Gasteiger partial charge is 0.312 e. The molecule has 2 aromatic carbocycles. The monoisotopic (exact) mass is 605 g/mol. The molecule has 0 amide bonds. The van der Waals surface area contributed by atoms with E-state index in [1.165, 1.54) is 0 Å². The molecule has 2 N–H and O–H groups in total. The number of nitrogens with zero attached hydrogens (tertiary/aromatic N) is 1. The molecule has 0 aliphatic carbocycles. The van der Waals surface area contributed by atoms with Crippen molar-refractivity contribution in [2.45, 2.75) is 4.90 Å². The molecule has 0 fully saturated rings. The van der Waals surface area contributed by atoms with Crippen LogP contribution in [0.4, 0.5) is 0 Å². The molecule has 1 aromatic heterocycles. The summed E-state index contributed by atoms with van der Waals surface area (Å²) in [6.45, 7) is 1.52. The van der Waals surface area contributed by atoms with Gasteiger partial charge in [-0.25, -0.2) is 13.1 Å². The van der Waals surface area contributed by atoms with Crippen molar-refractivity contribution >= 4 is 76.8 Å². The summed E-state index contributed by atoms with van der Waals surface area (Å²) in [4.78, 5) is 4.31. The molecule has 0 spiro atoms. The maximum absolute atomic E-state index is 12.6. The molecular formula is C20H22Br3N3O2S. The highest BCUT2D eigenvalue weighted by Gasteiger charge is 2.16. The van der Waals surface area contributed by atoms with Crippen molar-refractivity contribution in [3.05, 3.63) is 77.0 Å². The van der Waals surface area contributed by atoms with Gasteiger partial charge in [-0.1, -0.05) is 52.3 Å². The van der Waals surface area contributed by atoms with E-state index in [1.54, 1.807) is 30.6 Å². The topological polar surface area (TPSA) is 71.1 Å². The van der Waals surface area contributed by atoms with E-state index in [-0.39, 0.29) is 38.9 Å². The molecule has 0 saturated carbocycles. The maximum Gasteiger partial charge on any atom is 0.241 e. The van der Waals surface area contributed by atoms with Gasteiger partial charge in [-0.15, -0.1) is 34.0 Å². The summed E-state index contributed by atoms with van der Waals surface area (Å²) in [7, 11) is -3.57. The Bertz CT molecular complexity index is 1040. The highest BCUT2D eigenvalue weighted by molar-refractivity contribution is 9.10. The number of aromatic nitrogens is 1. The van der Waals surface area contributed by atoms with Gasteiger partial charge in [0.25, 0.3) is 0 Å². The Morgan fingerprint density at radius 3 is 2.52 bits per heavy atom. The average molecular weight is 608 g/mol. The third-order valence-corrected chi connectivity index (χ3v) is 6.01. The van der Waals surface area contributed by atoms with Gasteiger partial charge >= 0.3 is 0 Å². The highest BCUT2D eigenvalue weighted by atomic mass is 79.9. The lowest BCUT2D eigenvalue weighted by Gasteiger charge is -2.09. The molecule has 3 aromatic rings. The fourth-order valence-corrected chi connectivity index (χ4v) is 4.16. The first-order chi connectivity index (χ1) is 13.1. The normalized spacial score (nSPS) is 11.2. The first kappa shape index (κ1) is 25.9. The van der Waals surface area contributed by atoms with Crippen LogP contribution >= 0.6 is 49.9 Å². The Morgan fingerprint density at radius 2 is 1.76 bits per heavy atom. The van der Waals surface area contributed by atoms with E-state index < -0.39 is 10.0 Å². The number of sulfonamides is 1. The predicted molar refractivity (Wildman–Crippen MR) is 134 cm³/mol. The van der Waals surface area contributed by atoms with Gasteiger partial charge in [0, 0.05) is 47.3 Å². The molecule has 5 nitrogen and oxygen atoms in total. The van der Waals surface area contributed by atoms with Crippen LogP contribution < -0.4 is 10.0 Å². The van der Waals surface area contributed by atoms with Gasteiger partial charge in [0.1, 0.15) is 0 Å². The van der Waals surface area contributed by atoms with Crippen molar-refractivity contribution < 1.29 is 8.42 Å². The van der Waals surface area contributed by atoms with Crippen molar-refractivity contribution in [2.24, 2.45) is 0 Å². The molecule has 9 heteroatoms. The molecule has 0 unspecified atom stereocenters. The Labute approximate surface area is 200 Å². The summed E-state index contributed by atoms with van der Waals surface area (Å²) in [5, 5.41) is 4.67. The van der Waals surface area contributed by atoms with Crippen LogP contribution in [0.25, 0.3) is 16.8 Å². The quantitative estimate of drug-likeness (QED) is 0.363. The molecular weight excluding hydrogens is 586 g/mol. The van der Waals surface area contributed by atoms with Crippen LogP contribution in [0.1, 0.15) is 5.56 Å². The zero-order valence-electron chi connectivity index (χ0n) is 15.4. The zero-order valence-corrected chi connectivity index (χ0v) is 21.2. The first-order valence-corrected chi connectivity index (χ1v) is 10.8. The molecule has 1 heterocycles. The van der Waals surface area contributed by atoms with Crippen molar-refractivity contribution in [1.29, 1.82) is 0 Å². The summed E-state index contributed by atoms with van der Waals surface area (Å²) >= 11 is 3.41. The molecule has 0 radical (unpaired) electrons. The fraction of sp³-hybridized carbons (Fsp3) is 0.150. The number of hydrogen-bond acceptors (Lipinski definition) is 4. The minimum absolute atomic E-state index is 0. The van der Waals surface area contributed by atoms with Crippen LogP contribution in [-0.4, -0.2) is 33.0 Å². The van der Waals surface area contributed by atoms with E-state index in [2.05, 4.69) is 31.0 Å². The molecule has 0 saturated heterocycles. The number of halogens is 3. The Hall–Kier alpha value is -1.10. The predicted octanol–water partition coefficient (Wildman–Crippen LogP) is 4.73. The number of fused-ring (bicyclic) bond motifs is 1. The summed E-state index contributed by atoms with van der Waals surface area (Å²) < 4.78 is 28.8. The van der Waals surface area contributed by atoms with Crippen molar-refractivity contribution in [3.63, 3.8) is 0 Å². The summed E-state index contributed by atoms with van der Waals surface area (Å²) in [6.07, 6.45) is 7.29. The lowest BCUT2D eigenvalue weighted by Crippen LogP contribution is -2.32. The number of rotatable bonds is 8. The Balaban J connectivity index is 0.00000210. The number of benzene rings is 2. The summed E-state index contributed by atoms with van der Waals surface area (Å²) in [6, 6.07) is 14.9. The van der Waals surface area contributed by atoms with Crippen molar-refractivity contribution in [1.82, 2.24) is 15.0 Å². The van der Waals surface area contributed by atoms with Gasteiger partial charge in [-0.2, -0.15) is 0 Å². The van der Waals surface area contributed by atoms with Crippen LogP contribution in [0.15, 0.2) is 76.4 Å². The van der Waals surface area contributed by atoms with E-state index in [9.17, 15) is 8.42 Å². The zero-order chi connectivity index (χ0) is 19.1. The van der Waals surface area contributed by atoms with E-state index in [0.717, 1.165) is 15.4 Å². The average Bonchev–Trinajstić information content (AvgIpc) is 2.68. The second-order valence-electron chi connectivity index (χ2n) is 5.91. The van der Waals surface area contributed by atoms with Crippen LogP contribution in [0.5, 0.6) is 0 Å².